The van der Waals surface area contributed by atoms with E-state index in [2.05, 4.69) is 18.0 Å². The molecule has 108 valence electrons. The Kier molecular flexibility index (Phi) is 5.85. The van der Waals surface area contributed by atoms with Gasteiger partial charge in [0.2, 0.25) is 0 Å². The second-order valence-corrected chi connectivity index (χ2v) is 5.15. The monoisotopic (exact) mass is 274 g/mol. The molecule has 4 heteroatoms. The lowest BCUT2D eigenvalue weighted by Crippen LogP contribution is -2.38. The van der Waals surface area contributed by atoms with Crippen molar-refractivity contribution in [2.45, 2.75) is 25.3 Å². The minimum absolute atomic E-state index is 0.451. The first kappa shape index (κ1) is 14.8. The summed E-state index contributed by atoms with van der Waals surface area (Å²) in [4.78, 5) is 2.35. The number of hydrogen-bond donors (Lipinski definition) is 0. The zero-order chi connectivity index (χ0) is 14.2. The van der Waals surface area contributed by atoms with Crippen molar-refractivity contribution in [2.24, 2.45) is 0 Å². The fraction of sp³-hybridized carbons (Fsp3) is 0.562. The van der Waals surface area contributed by atoms with Crippen molar-refractivity contribution in [3.8, 4) is 11.8 Å². The van der Waals surface area contributed by atoms with Gasteiger partial charge in [0.25, 0.3) is 0 Å². The van der Waals surface area contributed by atoms with Gasteiger partial charge in [0, 0.05) is 25.8 Å². The normalized spacial score (nSPS) is 16.1. The van der Waals surface area contributed by atoms with E-state index in [4.69, 9.17) is 14.7 Å². The van der Waals surface area contributed by atoms with Gasteiger partial charge in [-0.2, -0.15) is 5.26 Å². The summed E-state index contributed by atoms with van der Waals surface area (Å²) in [5, 5.41) is 8.62. The van der Waals surface area contributed by atoms with Crippen molar-refractivity contribution in [3.05, 3.63) is 29.8 Å². The Morgan fingerprint density at radius 1 is 1.30 bits per heavy atom. The Labute approximate surface area is 120 Å². The Hall–Kier alpha value is -1.57. The molecule has 0 saturated carbocycles. The minimum atomic E-state index is 0.451. The predicted molar refractivity (Wildman–Crippen MR) is 77.7 cm³/mol. The number of rotatable bonds is 6. The number of likely N-dealkylation sites (N-methyl/N-ethyl adjacent to an activating group) is 1. The maximum Gasteiger partial charge on any atom is 0.119 e. The molecule has 1 heterocycles. The third-order valence-corrected chi connectivity index (χ3v) is 3.73. The number of nitrogens with zero attached hydrogens (tertiary/aromatic N) is 2. The van der Waals surface area contributed by atoms with Crippen molar-refractivity contribution in [2.75, 3.05) is 33.4 Å². The van der Waals surface area contributed by atoms with Gasteiger partial charge in [-0.05, 0) is 37.6 Å². The van der Waals surface area contributed by atoms with Crippen LogP contribution in [0.2, 0.25) is 0 Å². The lowest BCUT2D eigenvalue weighted by Gasteiger charge is -2.31. The molecule has 1 fully saturated rings. The molecule has 4 nitrogen and oxygen atoms in total. The highest BCUT2D eigenvalue weighted by molar-refractivity contribution is 5.28. The van der Waals surface area contributed by atoms with E-state index in [0.29, 0.717) is 19.1 Å². The standard InChI is InChI=1S/C16H22N2O2/c1-18(15-7-11-19-12-8-15)10-13-20-16-4-2-14(3-5-16)6-9-17/h2-5,15H,6-8,10-13H2,1H3. The summed E-state index contributed by atoms with van der Waals surface area (Å²) in [6, 6.07) is 10.5. The number of nitriles is 1. The second-order valence-electron chi connectivity index (χ2n) is 5.15. The molecular formula is C16H22N2O2. The van der Waals surface area contributed by atoms with E-state index in [-0.39, 0.29) is 0 Å². The summed E-state index contributed by atoms with van der Waals surface area (Å²) in [6.07, 6.45) is 2.67. The number of benzene rings is 1. The van der Waals surface area contributed by atoms with Crippen LogP contribution in [0.1, 0.15) is 18.4 Å². The zero-order valence-corrected chi connectivity index (χ0v) is 12.0. The summed E-state index contributed by atoms with van der Waals surface area (Å²) in [6.45, 7) is 3.35. The van der Waals surface area contributed by atoms with E-state index in [1.165, 1.54) is 0 Å². The first-order valence-corrected chi connectivity index (χ1v) is 7.16. The van der Waals surface area contributed by atoms with Gasteiger partial charge < -0.3 is 9.47 Å². The highest BCUT2D eigenvalue weighted by Gasteiger charge is 2.17. The maximum atomic E-state index is 8.62. The fourth-order valence-electron chi connectivity index (χ4n) is 2.41. The van der Waals surface area contributed by atoms with Gasteiger partial charge in [0.05, 0.1) is 12.5 Å². The summed E-state index contributed by atoms with van der Waals surface area (Å²) < 4.78 is 11.1. The molecule has 2 rings (SSSR count). The van der Waals surface area contributed by atoms with Gasteiger partial charge in [-0.25, -0.2) is 0 Å². The van der Waals surface area contributed by atoms with Crippen molar-refractivity contribution in [3.63, 3.8) is 0 Å². The average molecular weight is 274 g/mol. The minimum Gasteiger partial charge on any atom is -0.492 e. The average Bonchev–Trinajstić information content (AvgIpc) is 2.50. The Morgan fingerprint density at radius 3 is 2.65 bits per heavy atom. The molecule has 0 N–H and O–H groups in total. The van der Waals surface area contributed by atoms with Crippen LogP contribution in [-0.4, -0.2) is 44.4 Å². The lowest BCUT2D eigenvalue weighted by molar-refractivity contribution is 0.0392. The van der Waals surface area contributed by atoms with Gasteiger partial charge in [0.15, 0.2) is 0 Å². The van der Waals surface area contributed by atoms with E-state index in [9.17, 15) is 0 Å². The first-order valence-electron chi connectivity index (χ1n) is 7.16. The van der Waals surface area contributed by atoms with E-state index >= 15 is 0 Å². The third-order valence-electron chi connectivity index (χ3n) is 3.73. The molecule has 1 saturated heterocycles. The van der Waals surface area contributed by atoms with Crippen LogP contribution in [0.4, 0.5) is 0 Å². The quantitative estimate of drug-likeness (QED) is 0.798. The molecule has 0 spiro atoms. The number of hydrogen-bond acceptors (Lipinski definition) is 4. The molecule has 0 amide bonds. The smallest absolute Gasteiger partial charge is 0.119 e. The van der Waals surface area contributed by atoms with Crippen LogP contribution < -0.4 is 4.74 Å². The number of ether oxygens (including phenoxy) is 2. The van der Waals surface area contributed by atoms with Gasteiger partial charge in [-0.15, -0.1) is 0 Å². The topological polar surface area (TPSA) is 45.5 Å². The van der Waals surface area contributed by atoms with E-state index in [0.717, 1.165) is 43.9 Å². The molecule has 1 aromatic rings. The van der Waals surface area contributed by atoms with Gasteiger partial charge in [-0.1, -0.05) is 12.1 Å². The SMILES string of the molecule is CN(CCOc1ccc(CC#N)cc1)C1CCOCC1. The lowest BCUT2D eigenvalue weighted by atomic mass is 10.1. The van der Waals surface area contributed by atoms with Gasteiger partial charge >= 0.3 is 0 Å². The molecule has 1 aromatic carbocycles. The van der Waals surface area contributed by atoms with Crippen molar-refractivity contribution in [1.29, 1.82) is 5.26 Å². The van der Waals surface area contributed by atoms with Crippen molar-refractivity contribution < 1.29 is 9.47 Å². The molecule has 0 bridgehead atoms. The van der Waals surface area contributed by atoms with Crippen molar-refractivity contribution >= 4 is 0 Å². The fourth-order valence-corrected chi connectivity index (χ4v) is 2.41. The molecule has 0 aromatic heterocycles. The van der Waals surface area contributed by atoms with Crippen LogP contribution in [-0.2, 0) is 11.2 Å². The molecule has 1 aliphatic heterocycles. The Balaban J connectivity index is 1.70. The predicted octanol–water partition coefficient (Wildman–Crippen LogP) is 2.24. The summed E-state index contributed by atoms with van der Waals surface area (Å²) in [7, 11) is 2.15. The Bertz CT molecular complexity index is 433. The highest BCUT2D eigenvalue weighted by atomic mass is 16.5. The van der Waals surface area contributed by atoms with Crippen LogP contribution in [0.25, 0.3) is 0 Å². The molecule has 1 aliphatic rings. The van der Waals surface area contributed by atoms with E-state index in [1.807, 2.05) is 24.3 Å². The van der Waals surface area contributed by atoms with E-state index in [1.54, 1.807) is 0 Å². The Morgan fingerprint density at radius 2 is 2.00 bits per heavy atom. The molecule has 0 unspecified atom stereocenters. The third kappa shape index (κ3) is 4.52. The zero-order valence-electron chi connectivity index (χ0n) is 12.0. The molecule has 0 aliphatic carbocycles. The van der Waals surface area contributed by atoms with Crippen molar-refractivity contribution in [1.82, 2.24) is 4.90 Å². The summed E-state index contributed by atoms with van der Waals surface area (Å²) >= 11 is 0. The molecule has 20 heavy (non-hydrogen) atoms. The van der Waals surface area contributed by atoms with Gasteiger partial charge in [-0.3, -0.25) is 4.90 Å². The largest absolute Gasteiger partial charge is 0.492 e. The second kappa shape index (κ2) is 7.88. The van der Waals surface area contributed by atoms with Crippen LogP contribution in [0, 0.1) is 11.3 Å². The summed E-state index contributed by atoms with van der Waals surface area (Å²) in [5.41, 5.74) is 1.03. The van der Waals surface area contributed by atoms with Crippen LogP contribution in [0.3, 0.4) is 0 Å². The summed E-state index contributed by atoms with van der Waals surface area (Å²) in [5.74, 6) is 0.868. The maximum absolute atomic E-state index is 8.62. The van der Waals surface area contributed by atoms with Crippen LogP contribution in [0.5, 0.6) is 5.75 Å². The van der Waals surface area contributed by atoms with E-state index < -0.39 is 0 Å². The van der Waals surface area contributed by atoms with Crippen LogP contribution >= 0.6 is 0 Å². The molecule has 0 radical (unpaired) electrons. The molecular weight excluding hydrogens is 252 g/mol. The van der Waals surface area contributed by atoms with Gasteiger partial charge in [0.1, 0.15) is 12.4 Å². The van der Waals surface area contributed by atoms with Crippen LogP contribution in [0.15, 0.2) is 24.3 Å². The highest BCUT2D eigenvalue weighted by Crippen LogP contribution is 2.14. The first-order chi connectivity index (χ1) is 9.79. The molecule has 0 atom stereocenters.